The molecule has 0 heterocycles. The van der Waals surface area contributed by atoms with Crippen molar-refractivity contribution in [2.45, 2.75) is 36.8 Å². The van der Waals surface area contributed by atoms with Crippen LogP contribution in [0.3, 0.4) is 0 Å². The van der Waals surface area contributed by atoms with Crippen molar-refractivity contribution in [2.24, 2.45) is 0 Å². The van der Waals surface area contributed by atoms with E-state index in [4.69, 9.17) is 32.7 Å². The molecule has 1 atom stereocenters. The molecule has 0 amide bonds. The number of ether oxygens (including phenoxy) is 2. The van der Waals surface area contributed by atoms with E-state index in [9.17, 15) is 0 Å². The van der Waals surface area contributed by atoms with Crippen LogP contribution in [0.2, 0.25) is 0 Å². The summed E-state index contributed by atoms with van der Waals surface area (Å²) in [6.45, 7) is 9.15. The van der Waals surface area contributed by atoms with Crippen molar-refractivity contribution in [3.05, 3.63) is 78.4 Å². The van der Waals surface area contributed by atoms with E-state index in [0.717, 1.165) is 17.6 Å². The molecule has 1 aliphatic rings. The Morgan fingerprint density at radius 3 is 1.88 bits per heavy atom. The van der Waals surface area contributed by atoms with Crippen molar-refractivity contribution >= 4 is 28.8 Å². The van der Waals surface area contributed by atoms with Crippen LogP contribution in [0, 0.1) is 0 Å². The molecule has 0 saturated heterocycles. The third-order valence-corrected chi connectivity index (χ3v) is 4.93. The first-order chi connectivity index (χ1) is 12.5. The van der Waals surface area contributed by atoms with Gasteiger partial charge in [-0.3, -0.25) is 0 Å². The Hall–Kier alpha value is -1.32. The Morgan fingerprint density at radius 1 is 1.00 bits per heavy atom. The van der Waals surface area contributed by atoms with Crippen molar-refractivity contribution < 1.29 is 9.47 Å². The van der Waals surface area contributed by atoms with E-state index in [1.807, 2.05) is 62.4 Å². The Labute approximate surface area is 166 Å². The van der Waals surface area contributed by atoms with E-state index < -0.39 is 4.33 Å². The van der Waals surface area contributed by atoms with E-state index in [-0.39, 0.29) is 6.29 Å². The van der Waals surface area contributed by atoms with Gasteiger partial charge in [0.1, 0.15) is 4.33 Å². The molecular formula is C22H26Cl2O2. The lowest BCUT2D eigenvalue weighted by atomic mass is 10.1. The quantitative estimate of drug-likeness (QED) is 0.398. The van der Waals surface area contributed by atoms with Gasteiger partial charge in [0.25, 0.3) is 0 Å². The number of hydrogen-bond donors (Lipinski definition) is 0. The summed E-state index contributed by atoms with van der Waals surface area (Å²) < 4.78 is 10.5. The highest BCUT2D eigenvalue weighted by atomic mass is 35.5. The molecule has 2 nitrogen and oxygen atoms in total. The summed E-state index contributed by atoms with van der Waals surface area (Å²) in [5.74, 6) is 0.354. The number of hydrogen-bond acceptors (Lipinski definition) is 2. The molecule has 140 valence electrons. The number of benzene rings is 2. The van der Waals surface area contributed by atoms with E-state index in [0.29, 0.717) is 19.1 Å². The average Bonchev–Trinajstić information content (AvgIpc) is 3.31. The molecule has 0 aromatic heterocycles. The van der Waals surface area contributed by atoms with Gasteiger partial charge in [-0.15, -0.1) is 23.2 Å². The maximum atomic E-state index is 5.91. The molecule has 26 heavy (non-hydrogen) atoms. The van der Waals surface area contributed by atoms with Crippen LogP contribution >= 0.6 is 23.2 Å². The summed E-state index contributed by atoms with van der Waals surface area (Å²) >= 11 is 11.8. The number of rotatable bonds is 7. The highest BCUT2D eigenvalue weighted by Crippen LogP contribution is 2.59. The van der Waals surface area contributed by atoms with Crippen molar-refractivity contribution in [3.63, 3.8) is 0 Å². The molecular weight excluding hydrogens is 367 g/mol. The van der Waals surface area contributed by atoms with Gasteiger partial charge in [-0.2, -0.15) is 0 Å². The van der Waals surface area contributed by atoms with Gasteiger partial charge in [-0.1, -0.05) is 67.2 Å². The van der Waals surface area contributed by atoms with E-state index >= 15 is 0 Å². The molecule has 0 N–H and O–H groups in total. The largest absolute Gasteiger partial charge is 0.349 e. The first-order valence-electron chi connectivity index (χ1n) is 8.89. The SMILES string of the molecule is C=C(c1ccccc1)C(OCC)OCC.ClC1(Cl)CC1c1ccccc1. The maximum Gasteiger partial charge on any atom is 0.183 e. The summed E-state index contributed by atoms with van der Waals surface area (Å²) in [6, 6.07) is 20.1. The molecule has 3 rings (SSSR count). The van der Waals surface area contributed by atoms with Gasteiger partial charge in [0.05, 0.1) is 0 Å². The second kappa shape index (κ2) is 10.1. The minimum atomic E-state index is -0.485. The highest BCUT2D eigenvalue weighted by Gasteiger charge is 2.52. The second-order valence-corrected chi connectivity index (χ2v) is 7.60. The maximum absolute atomic E-state index is 5.91. The third kappa shape index (κ3) is 6.14. The van der Waals surface area contributed by atoms with Gasteiger partial charge in [0.2, 0.25) is 0 Å². The fourth-order valence-electron chi connectivity index (χ4n) is 2.60. The topological polar surface area (TPSA) is 18.5 Å². The molecule has 1 unspecified atom stereocenters. The summed E-state index contributed by atoms with van der Waals surface area (Å²) in [5.41, 5.74) is 3.18. The monoisotopic (exact) mass is 392 g/mol. The van der Waals surface area contributed by atoms with Crippen LogP contribution in [0.25, 0.3) is 5.57 Å². The first kappa shape index (κ1) is 21.0. The second-order valence-electron chi connectivity index (χ2n) is 6.06. The van der Waals surface area contributed by atoms with Crippen LogP contribution in [-0.2, 0) is 9.47 Å². The predicted octanol–water partition coefficient (Wildman–Crippen LogP) is 6.45. The fourth-order valence-corrected chi connectivity index (χ4v) is 3.16. The predicted molar refractivity (Wildman–Crippen MR) is 111 cm³/mol. The van der Waals surface area contributed by atoms with Gasteiger partial charge in [0, 0.05) is 24.7 Å². The van der Waals surface area contributed by atoms with Crippen molar-refractivity contribution in [1.82, 2.24) is 0 Å². The van der Waals surface area contributed by atoms with Gasteiger partial charge in [0.15, 0.2) is 6.29 Å². The van der Waals surface area contributed by atoms with Crippen molar-refractivity contribution in [1.29, 1.82) is 0 Å². The van der Waals surface area contributed by atoms with Crippen molar-refractivity contribution in [3.8, 4) is 0 Å². The lowest BCUT2D eigenvalue weighted by molar-refractivity contribution is -0.0962. The smallest absolute Gasteiger partial charge is 0.183 e. The van der Waals surface area contributed by atoms with Gasteiger partial charge < -0.3 is 9.47 Å². The van der Waals surface area contributed by atoms with Crippen LogP contribution in [0.1, 0.15) is 37.3 Å². The normalized spacial score (nSPS) is 17.3. The molecule has 0 bridgehead atoms. The minimum absolute atomic E-state index is 0.331. The van der Waals surface area contributed by atoms with Crippen molar-refractivity contribution in [2.75, 3.05) is 13.2 Å². The molecule has 0 spiro atoms. The van der Waals surface area contributed by atoms with Gasteiger partial charge in [-0.25, -0.2) is 0 Å². The zero-order valence-corrected chi connectivity index (χ0v) is 16.8. The highest BCUT2D eigenvalue weighted by molar-refractivity contribution is 6.51. The Balaban J connectivity index is 0.000000195. The number of halogens is 2. The van der Waals surface area contributed by atoms with Gasteiger partial charge >= 0.3 is 0 Å². The molecule has 2 aromatic carbocycles. The molecule has 1 aliphatic carbocycles. The summed E-state index contributed by atoms with van der Waals surface area (Å²) in [6.07, 6.45) is 0.558. The summed E-state index contributed by atoms with van der Waals surface area (Å²) in [7, 11) is 0. The standard InChI is InChI=1S/C13H18O2.C9H8Cl2/c1-4-14-13(15-5-2)11(3)12-9-7-6-8-10-12;10-9(11)6-8(9)7-4-2-1-3-5-7/h6-10,13H,3-5H2,1-2H3;1-5,8H,6H2. The molecule has 0 aliphatic heterocycles. The average molecular weight is 393 g/mol. The van der Waals surface area contributed by atoms with E-state index in [2.05, 4.69) is 18.7 Å². The molecule has 1 saturated carbocycles. The van der Waals surface area contributed by atoms with Crippen LogP contribution in [0.4, 0.5) is 0 Å². The zero-order valence-electron chi connectivity index (χ0n) is 15.3. The summed E-state index contributed by atoms with van der Waals surface area (Å²) in [5, 5.41) is 0. The van der Waals surface area contributed by atoms with Crippen LogP contribution < -0.4 is 0 Å². The van der Waals surface area contributed by atoms with Crippen LogP contribution in [-0.4, -0.2) is 23.8 Å². The third-order valence-electron chi connectivity index (χ3n) is 4.09. The van der Waals surface area contributed by atoms with E-state index in [1.165, 1.54) is 5.56 Å². The van der Waals surface area contributed by atoms with E-state index in [1.54, 1.807) is 0 Å². The minimum Gasteiger partial charge on any atom is -0.349 e. The molecule has 2 aromatic rings. The van der Waals surface area contributed by atoms with Crippen LogP contribution in [0.15, 0.2) is 67.2 Å². The molecule has 0 radical (unpaired) electrons. The Morgan fingerprint density at radius 2 is 1.46 bits per heavy atom. The zero-order chi connectivity index (χ0) is 19.0. The first-order valence-corrected chi connectivity index (χ1v) is 9.65. The number of alkyl halides is 2. The molecule has 1 fully saturated rings. The van der Waals surface area contributed by atoms with Gasteiger partial charge in [-0.05, 0) is 31.4 Å². The summed E-state index contributed by atoms with van der Waals surface area (Å²) in [4.78, 5) is 0. The Kier molecular flexibility index (Phi) is 8.17. The lowest BCUT2D eigenvalue weighted by Gasteiger charge is -2.19. The lowest BCUT2D eigenvalue weighted by Crippen LogP contribution is -2.18. The van der Waals surface area contributed by atoms with Crippen LogP contribution in [0.5, 0.6) is 0 Å². The molecule has 4 heteroatoms. The fraction of sp³-hybridized carbons (Fsp3) is 0.364. The Bertz CT molecular complexity index is 665.